The van der Waals surface area contributed by atoms with Crippen LogP contribution < -0.4 is 0 Å². The molecule has 0 aliphatic rings. The first kappa shape index (κ1) is 6.16. The fraction of sp³-hybridized carbons (Fsp3) is 0. The van der Waals surface area contributed by atoms with Crippen LogP contribution in [0.5, 0.6) is 0 Å². The van der Waals surface area contributed by atoms with Gasteiger partial charge in [0.2, 0.25) is 5.28 Å². The molecular weight excluding hydrogens is 138 g/mol. The van der Waals surface area contributed by atoms with E-state index < -0.39 is 0 Å². The molecule has 1 heterocycles. The highest BCUT2D eigenvalue weighted by Gasteiger charge is 1.87. The van der Waals surface area contributed by atoms with E-state index in [9.17, 15) is 0 Å². The standard InChI is InChI=1S/C5H4ClN3/c6-5-8-2-4(1-7)3-9-5/h1-3,7H. The van der Waals surface area contributed by atoms with E-state index in [-0.39, 0.29) is 5.28 Å². The minimum atomic E-state index is 0.209. The SMILES string of the molecule is N=Cc1cnc(Cl)nc1. The first-order valence-electron chi connectivity index (χ1n) is 2.31. The van der Waals surface area contributed by atoms with Crippen molar-refractivity contribution >= 4 is 17.8 Å². The first-order chi connectivity index (χ1) is 4.33. The molecule has 46 valence electrons. The molecule has 0 atom stereocenters. The topological polar surface area (TPSA) is 49.6 Å². The molecule has 0 amide bonds. The molecule has 1 rings (SSSR count). The Morgan fingerprint density at radius 1 is 1.44 bits per heavy atom. The van der Waals surface area contributed by atoms with Crippen molar-refractivity contribution in [1.82, 2.24) is 9.97 Å². The summed E-state index contributed by atoms with van der Waals surface area (Å²) in [4.78, 5) is 7.31. The van der Waals surface area contributed by atoms with Crippen LogP contribution >= 0.6 is 11.6 Å². The average molecular weight is 142 g/mol. The first-order valence-corrected chi connectivity index (χ1v) is 2.69. The van der Waals surface area contributed by atoms with Crippen LogP contribution in [0.1, 0.15) is 5.56 Å². The molecule has 0 bridgehead atoms. The Hall–Kier alpha value is -0.960. The maximum atomic E-state index is 6.77. The lowest BCUT2D eigenvalue weighted by Gasteiger charge is -1.87. The molecule has 0 fully saturated rings. The van der Waals surface area contributed by atoms with E-state index in [0.717, 1.165) is 6.21 Å². The van der Waals surface area contributed by atoms with E-state index >= 15 is 0 Å². The summed E-state index contributed by atoms with van der Waals surface area (Å²) in [5, 5.41) is 6.97. The molecule has 0 saturated carbocycles. The molecule has 0 unspecified atom stereocenters. The zero-order valence-electron chi connectivity index (χ0n) is 4.50. The van der Waals surface area contributed by atoms with E-state index in [4.69, 9.17) is 17.0 Å². The fourth-order valence-corrected chi connectivity index (χ4v) is 0.494. The highest BCUT2D eigenvalue weighted by atomic mass is 35.5. The van der Waals surface area contributed by atoms with Gasteiger partial charge in [-0.05, 0) is 11.6 Å². The monoisotopic (exact) mass is 141 g/mol. The van der Waals surface area contributed by atoms with Gasteiger partial charge in [0.1, 0.15) is 0 Å². The van der Waals surface area contributed by atoms with Crippen molar-refractivity contribution in [3.05, 3.63) is 23.2 Å². The summed E-state index contributed by atoms with van der Waals surface area (Å²) in [6, 6.07) is 0. The lowest BCUT2D eigenvalue weighted by atomic mass is 10.4. The molecule has 9 heavy (non-hydrogen) atoms. The van der Waals surface area contributed by atoms with Crippen molar-refractivity contribution in [2.24, 2.45) is 0 Å². The summed E-state index contributed by atoms with van der Waals surface area (Å²) < 4.78 is 0. The van der Waals surface area contributed by atoms with E-state index in [1.807, 2.05) is 0 Å². The third-order valence-corrected chi connectivity index (χ3v) is 1.00. The van der Waals surface area contributed by atoms with Crippen LogP contribution in [0, 0.1) is 5.41 Å². The largest absolute Gasteiger partial charge is 0.308 e. The van der Waals surface area contributed by atoms with Crippen molar-refractivity contribution < 1.29 is 0 Å². The molecule has 0 saturated heterocycles. The molecule has 1 aromatic rings. The predicted octanol–water partition coefficient (Wildman–Crippen LogP) is 1.13. The number of halogens is 1. The van der Waals surface area contributed by atoms with Gasteiger partial charge < -0.3 is 5.41 Å². The highest BCUT2D eigenvalue weighted by molar-refractivity contribution is 6.28. The Balaban J connectivity index is 3.01. The molecule has 0 aliphatic heterocycles. The second kappa shape index (κ2) is 2.55. The molecular formula is C5H4ClN3. The lowest BCUT2D eigenvalue weighted by Crippen LogP contribution is -1.84. The third-order valence-electron chi connectivity index (χ3n) is 0.807. The van der Waals surface area contributed by atoms with Gasteiger partial charge in [-0.15, -0.1) is 0 Å². The van der Waals surface area contributed by atoms with Gasteiger partial charge in [0, 0.05) is 24.2 Å². The Kier molecular flexibility index (Phi) is 1.75. The highest BCUT2D eigenvalue weighted by Crippen LogP contribution is 1.96. The maximum absolute atomic E-state index is 6.77. The predicted molar refractivity (Wildman–Crippen MR) is 34.9 cm³/mol. The van der Waals surface area contributed by atoms with Gasteiger partial charge in [-0.25, -0.2) is 9.97 Å². The zero-order chi connectivity index (χ0) is 6.69. The van der Waals surface area contributed by atoms with Crippen molar-refractivity contribution in [2.75, 3.05) is 0 Å². The third kappa shape index (κ3) is 1.47. The molecule has 0 aliphatic carbocycles. The number of nitrogens with one attached hydrogen (secondary N) is 1. The summed E-state index contributed by atoms with van der Waals surface area (Å²) in [6.45, 7) is 0. The van der Waals surface area contributed by atoms with Crippen molar-refractivity contribution in [1.29, 1.82) is 5.41 Å². The molecule has 0 radical (unpaired) electrons. The molecule has 0 aromatic carbocycles. The van der Waals surface area contributed by atoms with Gasteiger partial charge in [0.15, 0.2) is 0 Å². The summed E-state index contributed by atoms with van der Waals surface area (Å²) in [5.41, 5.74) is 0.652. The van der Waals surface area contributed by atoms with E-state index in [1.165, 1.54) is 12.4 Å². The van der Waals surface area contributed by atoms with Gasteiger partial charge in [-0.2, -0.15) is 0 Å². The Morgan fingerprint density at radius 3 is 2.44 bits per heavy atom. The van der Waals surface area contributed by atoms with E-state index in [1.54, 1.807) is 0 Å². The van der Waals surface area contributed by atoms with Crippen LogP contribution in [-0.4, -0.2) is 16.2 Å². The van der Waals surface area contributed by atoms with Crippen LogP contribution in [0.2, 0.25) is 5.28 Å². The van der Waals surface area contributed by atoms with Crippen LogP contribution in [0.3, 0.4) is 0 Å². The van der Waals surface area contributed by atoms with Gasteiger partial charge in [0.05, 0.1) is 0 Å². The van der Waals surface area contributed by atoms with Crippen molar-refractivity contribution in [3.63, 3.8) is 0 Å². The number of hydrogen-bond acceptors (Lipinski definition) is 3. The van der Waals surface area contributed by atoms with Crippen molar-refractivity contribution in [3.8, 4) is 0 Å². The second-order valence-electron chi connectivity index (χ2n) is 1.43. The van der Waals surface area contributed by atoms with Crippen LogP contribution in [0.15, 0.2) is 12.4 Å². The van der Waals surface area contributed by atoms with Crippen LogP contribution in [0.25, 0.3) is 0 Å². The smallest absolute Gasteiger partial charge is 0.222 e. The molecule has 0 spiro atoms. The number of aromatic nitrogens is 2. The normalized spacial score (nSPS) is 9.00. The summed E-state index contributed by atoms with van der Waals surface area (Å²) >= 11 is 5.37. The number of nitrogens with zero attached hydrogens (tertiary/aromatic N) is 2. The van der Waals surface area contributed by atoms with Gasteiger partial charge in [-0.1, -0.05) is 0 Å². The minimum Gasteiger partial charge on any atom is -0.308 e. The fourth-order valence-electron chi connectivity index (χ4n) is 0.397. The van der Waals surface area contributed by atoms with Crippen LogP contribution in [0.4, 0.5) is 0 Å². The number of rotatable bonds is 1. The Morgan fingerprint density at radius 2 is 2.00 bits per heavy atom. The molecule has 4 heteroatoms. The Labute approximate surface area is 57.2 Å². The zero-order valence-corrected chi connectivity index (χ0v) is 5.26. The summed E-state index contributed by atoms with van der Waals surface area (Å²) in [7, 11) is 0. The van der Waals surface area contributed by atoms with Gasteiger partial charge in [-0.3, -0.25) is 0 Å². The summed E-state index contributed by atoms with van der Waals surface area (Å²) in [5.74, 6) is 0. The number of hydrogen-bond donors (Lipinski definition) is 1. The van der Waals surface area contributed by atoms with Crippen LogP contribution in [-0.2, 0) is 0 Å². The molecule has 1 aromatic heterocycles. The Bertz CT molecular complexity index is 206. The molecule has 1 N–H and O–H groups in total. The quantitative estimate of drug-likeness (QED) is 0.471. The van der Waals surface area contributed by atoms with Gasteiger partial charge >= 0.3 is 0 Å². The lowest BCUT2D eigenvalue weighted by molar-refractivity contribution is 1.16. The maximum Gasteiger partial charge on any atom is 0.222 e. The van der Waals surface area contributed by atoms with E-state index in [0.29, 0.717) is 5.56 Å². The minimum absolute atomic E-state index is 0.209. The summed E-state index contributed by atoms with van der Waals surface area (Å²) in [6.07, 6.45) is 4.14. The second-order valence-corrected chi connectivity index (χ2v) is 1.77. The van der Waals surface area contributed by atoms with Crippen molar-refractivity contribution in [2.45, 2.75) is 0 Å². The molecule has 3 nitrogen and oxygen atoms in total. The van der Waals surface area contributed by atoms with E-state index in [2.05, 4.69) is 9.97 Å². The average Bonchev–Trinajstić information content (AvgIpc) is 1.90. The van der Waals surface area contributed by atoms with Gasteiger partial charge in [0.25, 0.3) is 0 Å².